The molecule has 3 nitrogen and oxygen atoms in total. The van der Waals surface area contributed by atoms with Crippen molar-refractivity contribution in [3.63, 3.8) is 0 Å². The average Bonchev–Trinajstić information content (AvgIpc) is 2.05. The summed E-state index contributed by atoms with van der Waals surface area (Å²) in [6, 6.07) is 0. The highest BCUT2D eigenvalue weighted by Gasteiger charge is 2.12. The van der Waals surface area contributed by atoms with Crippen LogP contribution in [0.15, 0.2) is 0 Å². The van der Waals surface area contributed by atoms with Gasteiger partial charge in [-0.1, -0.05) is 19.8 Å². The van der Waals surface area contributed by atoms with Gasteiger partial charge in [-0.15, -0.1) is 9.46 Å². The first-order valence-corrected chi connectivity index (χ1v) is 4.45. The Balaban J connectivity index is 3.07. The molecule has 0 N–H and O–H groups in total. The van der Waals surface area contributed by atoms with Crippen molar-refractivity contribution in [2.45, 2.75) is 26.2 Å². The molecule has 0 aliphatic carbocycles. The molecule has 0 spiro atoms. The van der Waals surface area contributed by atoms with Gasteiger partial charge >= 0.3 is 8.60 Å². The van der Waals surface area contributed by atoms with Gasteiger partial charge in [0, 0.05) is 0 Å². The van der Waals surface area contributed by atoms with Crippen LogP contribution in [-0.4, -0.2) is 6.61 Å². The monoisotopic (exact) mass is 188 g/mol. The second-order valence-electron chi connectivity index (χ2n) is 1.90. The van der Waals surface area contributed by atoms with Gasteiger partial charge in [-0.05, 0) is 15.5 Å². The fourth-order valence-corrected chi connectivity index (χ4v) is 0.921. The van der Waals surface area contributed by atoms with E-state index in [2.05, 4.69) is 14.0 Å². The smallest absolute Gasteiger partial charge is 0.309 e. The van der Waals surface area contributed by atoms with Gasteiger partial charge in [0.2, 0.25) is 0 Å². The van der Waals surface area contributed by atoms with Gasteiger partial charge in [0.25, 0.3) is 0 Å². The summed E-state index contributed by atoms with van der Waals surface area (Å²) in [5.74, 6) is 0. The SMILES string of the molecule is CCCCCOP(OF)OF. The topological polar surface area (TPSA) is 27.7 Å². The van der Waals surface area contributed by atoms with Gasteiger partial charge < -0.3 is 4.52 Å². The van der Waals surface area contributed by atoms with Crippen molar-refractivity contribution in [3.05, 3.63) is 0 Å². The average molecular weight is 188 g/mol. The number of halogens is 2. The van der Waals surface area contributed by atoms with E-state index in [4.69, 9.17) is 0 Å². The molecule has 0 bridgehead atoms. The lowest BCUT2D eigenvalue weighted by molar-refractivity contribution is -0.0958. The number of rotatable bonds is 7. The predicted molar refractivity (Wildman–Crippen MR) is 36.8 cm³/mol. The lowest BCUT2D eigenvalue weighted by Crippen LogP contribution is -1.89. The Bertz CT molecular complexity index is 82.1. The molecule has 0 aliphatic heterocycles. The molecule has 0 aliphatic rings. The fraction of sp³-hybridized carbons (Fsp3) is 1.00. The zero-order valence-corrected chi connectivity index (χ0v) is 7.15. The van der Waals surface area contributed by atoms with E-state index < -0.39 is 8.60 Å². The van der Waals surface area contributed by atoms with Crippen molar-refractivity contribution < 1.29 is 23.0 Å². The highest BCUT2D eigenvalue weighted by molar-refractivity contribution is 7.41. The predicted octanol–water partition coefficient (Wildman–Crippen LogP) is 3.22. The van der Waals surface area contributed by atoms with Crippen LogP contribution in [0.4, 0.5) is 9.05 Å². The summed E-state index contributed by atoms with van der Waals surface area (Å²) >= 11 is 0. The van der Waals surface area contributed by atoms with Crippen LogP contribution in [-0.2, 0) is 14.0 Å². The van der Waals surface area contributed by atoms with Crippen molar-refractivity contribution in [2.75, 3.05) is 6.61 Å². The van der Waals surface area contributed by atoms with Gasteiger partial charge in [0.05, 0.1) is 6.61 Å². The van der Waals surface area contributed by atoms with Crippen LogP contribution < -0.4 is 0 Å². The molecule has 0 aromatic heterocycles. The fourth-order valence-electron chi connectivity index (χ4n) is 0.542. The molecular weight excluding hydrogens is 177 g/mol. The Labute approximate surface area is 65.4 Å². The van der Waals surface area contributed by atoms with Crippen LogP contribution in [0.3, 0.4) is 0 Å². The van der Waals surface area contributed by atoms with E-state index in [9.17, 15) is 9.05 Å². The molecule has 68 valence electrons. The second-order valence-corrected chi connectivity index (χ2v) is 2.88. The first-order valence-electron chi connectivity index (χ1n) is 3.35. The van der Waals surface area contributed by atoms with Gasteiger partial charge in [-0.3, -0.25) is 0 Å². The first-order chi connectivity index (χ1) is 5.35. The molecule has 6 heteroatoms. The van der Waals surface area contributed by atoms with E-state index in [-0.39, 0.29) is 6.61 Å². The molecule has 0 saturated heterocycles. The Morgan fingerprint density at radius 3 is 2.27 bits per heavy atom. The molecule has 0 saturated carbocycles. The van der Waals surface area contributed by atoms with Gasteiger partial charge in [-0.25, -0.2) is 0 Å². The Morgan fingerprint density at radius 1 is 1.18 bits per heavy atom. The molecule has 0 rings (SSSR count). The van der Waals surface area contributed by atoms with E-state index in [1.54, 1.807) is 0 Å². The number of unbranched alkanes of at least 4 members (excludes halogenated alkanes) is 2. The minimum absolute atomic E-state index is 0.257. The van der Waals surface area contributed by atoms with Crippen molar-refractivity contribution in [1.29, 1.82) is 0 Å². The molecule has 11 heavy (non-hydrogen) atoms. The number of hydrogen-bond donors (Lipinski definition) is 0. The highest BCUT2D eigenvalue weighted by Crippen LogP contribution is 2.40. The molecule has 0 fully saturated rings. The van der Waals surface area contributed by atoms with Crippen LogP contribution in [0, 0.1) is 0 Å². The van der Waals surface area contributed by atoms with Gasteiger partial charge in [0.1, 0.15) is 0 Å². The minimum atomic E-state index is -2.41. The third-order valence-corrected chi connectivity index (χ3v) is 1.68. The molecule has 0 aromatic rings. The molecule has 0 unspecified atom stereocenters. The van der Waals surface area contributed by atoms with Gasteiger partial charge in [-0.2, -0.15) is 0 Å². The summed E-state index contributed by atoms with van der Waals surface area (Å²) in [6.07, 6.45) is 2.73. The Kier molecular flexibility index (Phi) is 8.40. The maximum Gasteiger partial charge on any atom is 0.403 e. The summed E-state index contributed by atoms with van der Waals surface area (Å²) < 4.78 is 33.0. The van der Waals surface area contributed by atoms with E-state index in [1.807, 2.05) is 6.92 Å². The third-order valence-electron chi connectivity index (χ3n) is 1.06. The zero-order valence-electron chi connectivity index (χ0n) is 6.26. The number of hydrogen-bond acceptors (Lipinski definition) is 3. The van der Waals surface area contributed by atoms with Crippen LogP contribution in [0.25, 0.3) is 0 Å². The molecular formula is C5H11F2O3P. The quantitative estimate of drug-likeness (QED) is 0.453. The van der Waals surface area contributed by atoms with E-state index in [1.165, 1.54) is 0 Å². The standard InChI is InChI=1S/C5H11F2O3P/c1-2-3-4-5-8-11(9-6)10-7/h2-5H2,1H3. The molecule has 0 aromatic carbocycles. The van der Waals surface area contributed by atoms with Crippen molar-refractivity contribution in [1.82, 2.24) is 0 Å². The highest BCUT2D eigenvalue weighted by atomic mass is 31.2. The van der Waals surface area contributed by atoms with Crippen molar-refractivity contribution in [3.8, 4) is 0 Å². The van der Waals surface area contributed by atoms with Crippen LogP contribution >= 0.6 is 8.60 Å². The molecule has 0 radical (unpaired) electrons. The van der Waals surface area contributed by atoms with Gasteiger partial charge in [0.15, 0.2) is 0 Å². The zero-order chi connectivity index (χ0) is 8.53. The Hall–Kier alpha value is 0.170. The summed E-state index contributed by atoms with van der Waals surface area (Å²) in [4.78, 5) is 0. The van der Waals surface area contributed by atoms with Crippen molar-refractivity contribution >= 4 is 8.60 Å². The second kappa shape index (κ2) is 8.27. The normalized spacial score (nSPS) is 10.9. The lowest BCUT2D eigenvalue weighted by atomic mass is 10.3. The molecule has 0 atom stereocenters. The third kappa shape index (κ3) is 6.56. The van der Waals surface area contributed by atoms with Crippen LogP contribution in [0.1, 0.15) is 26.2 Å². The first kappa shape index (κ1) is 11.2. The summed E-state index contributed by atoms with van der Waals surface area (Å²) in [7, 11) is -2.41. The summed E-state index contributed by atoms with van der Waals surface area (Å²) in [5, 5.41) is 0. The van der Waals surface area contributed by atoms with E-state index in [0.717, 1.165) is 19.3 Å². The largest absolute Gasteiger partial charge is 0.403 e. The minimum Gasteiger partial charge on any atom is -0.309 e. The Morgan fingerprint density at radius 2 is 1.82 bits per heavy atom. The molecule has 0 heterocycles. The van der Waals surface area contributed by atoms with E-state index in [0.29, 0.717) is 0 Å². The summed E-state index contributed by atoms with van der Waals surface area (Å²) in [5.41, 5.74) is 0. The van der Waals surface area contributed by atoms with Crippen LogP contribution in [0.5, 0.6) is 0 Å². The molecule has 0 amide bonds. The van der Waals surface area contributed by atoms with Crippen molar-refractivity contribution in [2.24, 2.45) is 0 Å². The van der Waals surface area contributed by atoms with Crippen LogP contribution in [0.2, 0.25) is 0 Å². The maximum absolute atomic E-state index is 11.2. The summed E-state index contributed by atoms with van der Waals surface area (Å²) in [6.45, 7) is 2.27. The maximum atomic E-state index is 11.2. The lowest BCUT2D eigenvalue weighted by Gasteiger charge is -2.04. The van der Waals surface area contributed by atoms with E-state index >= 15 is 0 Å².